The second-order valence-electron chi connectivity index (χ2n) is 7.65. The van der Waals surface area contributed by atoms with Crippen LogP contribution >= 0.6 is 23.2 Å². The van der Waals surface area contributed by atoms with Crippen molar-refractivity contribution < 1.29 is 18.0 Å². The van der Waals surface area contributed by atoms with Gasteiger partial charge in [0.2, 0.25) is 21.8 Å². The van der Waals surface area contributed by atoms with Gasteiger partial charge in [-0.2, -0.15) is 4.31 Å². The Labute approximate surface area is 205 Å². The number of hydrogen-bond donors (Lipinski definition) is 1. The minimum atomic E-state index is -3.89. The monoisotopic (exact) mass is 513 g/mol. The highest BCUT2D eigenvalue weighted by atomic mass is 35.5. The molecule has 10 heteroatoms. The van der Waals surface area contributed by atoms with E-state index in [9.17, 15) is 18.0 Å². The van der Waals surface area contributed by atoms with Crippen molar-refractivity contribution in [2.75, 3.05) is 20.1 Å². The number of halogens is 2. The molecule has 0 aliphatic heterocycles. The molecule has 180 valence electrons. The SMILES string of the molecule is CCNC(=O)[C@H](CC)N(Cc1ccc(Cl)cc1Cl)C(=O)CN(C)S(=O)(=O)c1ccc(C)cc1. The molecule has 0 spiro atoms. The molecular weight excluding hydrogens is 485 g/mol. The van der Waals surface area contributed by atoms with Gasteiger partial charge in [-0.15, -0.1) is 0 Å². The normalized spacial score (nSPS) is 12.5. The van der Waals surface area contributed by atoms with Crippen molar-refractivity contribution in [3.05, 3.63) is 63.6 Å². The smallest absolute Gasteiger partial charge is 0.243 e. The maximum Gasteiger partial charge on any atom is 0.243 e. The Morgan fingerprint density at radius 2 is 1.70 bits per heavy atom. The number of aryl methyl sites for hydroxylation is 1. The van der Waals surface area contributed by atoms with Crippen LogP contribution in [-0.2, 0) is 26.2 Å². The predicted molar refractivity (Wildman–Crippen MR) is 131 cm³/mol. The van der Waals surface area contributed by atoms with Crippen molar-refractivity contribution in [2.45, 2.75) is 44.7 Å². The summed E-state index contributed by atoms with van der Waals surface area (Å²) in [6.45, 7) is 5.43. The van der Waals surface area contributed by atoms with E-state index in [-0.39, 0.29) is 17.3 Å². The summed E-state index contributed by atoms with van der Waals surface area (Å²) in [6, 6.07) is 10.5. The highest BCUT2D eigenvalue weighted by molar-refractivity contribution is 7.89. The minimum absolute atomic E-state index is 0.0307. The van der Waals surface area contributed by atoms with E-state index in [0.29, 0.717) is 28.6 Å². The molecule has 1 N–H and O–H groups in total. The van der Waals surface area contributed by atoms with Gasteiger partial charge in [0.1, 0.15) is 6.04 Å². The first kappa shape index (κ1) is 27.1. The Morgan fingerprint density at radius 3 is 2.24 bits per heavy atom. The molecule has 0 fully saturated rings. The van der Waals surface area contributed by atoms with Crippen LogP contribution in [-0.4, -0.2) is 55.6 Å². The van der Waals surface area contributed by atoms with Crippen molar-refractivity contribution >= 4 is 45.0 Å². The standard InChI is InChI=1S/C23H29Cl2N3O4S/c1-5-21(23(30)26-6-2)28(14-17-9-10-18(24)13-20(17)25)22(29)15-27(4)33(31,32)19-11-7-16(3)8-12-19/h7-13,21H,5-6,14-15H2,1-4H3,(H,26,30)/t21-/m0/s1. The summed E-state index contributed by atoms with van der Waals surface area (Å²) in [5.74, 6) is -0.834. The lowest BCUT2D eigenvalue weighted by molar-refractivity contribution is -0.141. The molecule has 2 amide bonds. The average Bonchev–Trinajstić information content (AvgIpc) is 2.75. The van der Waals surface area contributed by atoms with E-state index < -0.39 is 28.5 Å². The van der Waals surface area contributed by atoms with E-state index in [2.05, 4.69) is 5.32 Å². The fourth-order valence-electron chi connectivity index (χ4n) is 3.30. The topological polar surface area (TPSA) is 86.8 Å². The second kappa shape index (κ2) is 11.8. The highest BCUT2D eigenvalue weighted by Crippen LogP contribution is 2.24. The first-order valence-electron chi connectivity index (χ1n) is 10.5. The first-order chi connectivity index (χ1) is 15.5. The van der Waals surface area contributed by atoms with Crippen molar-refractivity contribution in [3.63, 3.8) is 0 Å². The number of benzene rings is 2. The molecule has 2 aromatic rings. The number of hydrogen-bond acceptors (Lipinski definition) is 4. The van der Waals surface area contributed by atoms with Crippen LogP contribution in [0.15, 0.2) is 47.4 Å². The molecule has 0 unspecified atom stereocenters. The van der Waals surface area contributed by atoms with Crippen LogP contribution in [0.2, 0.25) is 10.0 Å². The van der Waals surface area contributed by atoms with Gasteiger partial charge in [-0.1, -0.05) is 53.9 Å². The fourth-order valence-corrected chi connectivity index (χ4v) is 4.89. The lowest BCUT2D eigenvalue weighted by Crippen LogP contribution is -2.51. The summed E-state index contributed by atoms with van der Waals surface area (Å²) in [5.41, 5.74) is 1.52. The van der Waals surface area contributed by atoms with Gasteiger partial charge >= 0.3 is 0 Å². The zero-order valence-corrected chi connectivity index (χ0v) is 21.5. The van der Waals surface area contributed by atoms with Gasteiger partial charge in [-0.3, -0.25) is 9.59 Å². The Balaban J connectivity index is 2.35. The third-order valence-corrected chi connectivity index (χ3v) is 7.58. The molecule has 0 aliphatic rings. The molecular formula is C23H29Cl2N3O4S. The average molecular weight is 514 g/mol. The van der Waals surface area contributed by atoms with Crippen LogP contribution in [0.5, 0.6) is 0 Å². The van der Waals surface area contributed by atoms with Crippen LogP contribution in [0.25, 0.3) is 0 Å². The molecule has 0 heterocycles. The zero-order chi connectivity index (χ0) is 24.8. The van der Waals surface area contributed by atoms with E-state index in [1.54, 1.807) is 44.2 Å². The molecule has 1 atom stereocenters. The number of carbonyl (C=O) groups excluding carboxylic acids is 2. The number of rotatable bonds is 10. The molecule has 0 saturated carbocycles. The van der Waals surface area contributed by atoms with Crippen molar-refractivity contribution in [1.82, 2.24) is 14.5 Å². The summed E-state index contributed by atoms with van der Waals surface area (Å²) in [7, 11) is -2.55. The summed E-state index contributed by atoms with van der Waals surface area (Å²) >= 11 is 12.3. The number of amides is 2. The van der Waals surface area contributed by atoms with Gasteiger partial charge in [0.15, 0.2) is 0 Å². The fraction of sp³-hybridized carbons (Fsp3) is 0.391. The molecule has 0 aliphatic carbocycles. The van der Waals surface area contributed by atoms with E-state index in [1.165, 1.54) is 24.1 Å². The van der Waals surface area contributed by atoms with Gasteiger partial charge in [-0.25, -0.2) is 8.42 Å². The molecule has 0 radical (unpaired) electrons. The largest absolute Gasteiger partial charge is 0.355 e. The van der Waals surface area contributed by atoms with Gasteiger partial charge < -0.3 is 10.2 Å². The van der Waals surface area contributed by atoms with E-state index in [1.807, 2.05) is 6.92 Å². The van der Waals surface area contributed by atoms with E-state index in [4.69, 9.17) is 23.2 Å². The predicted octanol–water partition coefficient (Wildman–Crippen LogP) is 3.87. The number of nitrogens with one attached hydrogen (secondary N) is 1. The van der Waals surface area contributed by atoms with Crippen LogP contribution in [0.1, 0.15) is 31.4 Å². The number of nitrogens with zero attached hydrogens (tertiary/aromatic N) is 2. The quantitative estimate of drug-likeness (QED) is 0.522. The summed E-state index contributed by atoms with van der Waals surface area (Å²) in [4.78, 5) is 27.5. The van der Waals surface area contributed by atoms with Gasteiger partial charge in [0.25, 0.3) is 0 Å². The minimum Gasteiger partial charge on any atom is -0.355 e. The first-order valence-corrected chi connectivity index (χ1v) is 12.7. The van der Waals surface area contributed by atoms with Gasteiger partial charge in [-0.05, 0) is 50.1 Å². The van der Waals surface area contributed by atoms with Gasteiger partial charge in [0.05, 0.1) is 11.4 Å². The number of likely N-dealkylation sites (N-methyl/N-ethyl adjacent to an activating group) is 2. The lowest BCUT2D eigenvalue weighted by Gasteiger charge is -2.32. The second-order valence-corrected chi connectivity index (χ2v) is 10.5. The Hall–Kier alpha value is -2.13. The Morgan fingerprint density at radius 1 is 1.06 bits per heavy atom. The van der Waals surface area contributed by atoms with Crippen LogP contribution in [0.3, 0.4) is 0 Å². The van der Waals surface area contributed by atoms with Gasteiger partial charge in [0, 0.05) is 30.2 Å². The molecule has 0 saturated heterocycles. The van der Waals surface area contributed by atoms with Crippen molar-refractivity contribution in [3.8, 4) is 0 Å². The molecule has 2 aromatic carbocycles. The van der Waals surface area contributed by atoms with E-state index in [0.717, 1.165) is 9.87 Å². The third-order valence-electron chi connectivity index (χ3n) is 5.18. The summed E-state index contributed by atoms with van der Waals surface area (Å²) in [5, 5.41) is 3.54. The maximum absolute atomic E-state index is 13.3. The molecule has 7 nitrogen and oxygen atoms in total. The third kappa shape index (κ3) is 6.93. The summed E-state index contributed by atoms with van der Waals surface area (Å²) in [6.07, 6.45) is 0.344. The number of carbonyl (C=O) groups is 2. The van der Waals surface area contributed by atoms with Crippen LogP contribution < -0.4 is 5.32 Å². The van der Waals surface area contributed by atoms with Crippen molar-refractivity contribution in [2.24, 2.45) is 0 Å². The zero-order valence-electron chi connectivity index (χ0n) is 19.1. The van der Waals surface area contributed by atoms with Crippen LogP contribution in [0, 0.1) is 6.92 Å². The number of sulfonamides is 1. The highest BCUT2D eigenvalue weighted by Gasteiger charge is 2.32. The van der Waals surface area contributed by atoms with E-state index >= 15 is 0 Å². The molecule has 0 aromatic heterocycles. The van der Waals surface area contributed by atoms with Crippen LogP contribution in [0.4, 0.5) is 0 Å². The molecule has 0 bridgehead atoms. The van der Waals surface area contributed by atoms with Crippen molar-refractivity contribution in [1.29, 1.82) is 0 Å². The molecule has 2 rings (SSSR count). The Kier molecular flexibility index (Phi) is 9.72. The Bertz CT molecular complexity index is 1090. The summed E-state index contributed by atoms with van der Waals surface area (Å²) < 4.78 is 26.9. The molecule has 33 heavy (non-hydrogen) atoms. The maximum atomic E-state index is 13.3. The lowest BCUT2D eigenvalue weighted by atomic mass is 10.1.